The third-order valence-corrected chi connectivity index (χ3v) is 6.79. The van der Waals surface area contributed by atoms with Crippen LogP contribution in [-0.4, -0.2) is 53.8 Å². The van der Waals surface area contributed by atoms with E-state index in [1.165, 1.54) is 0 Å². The van der Waals surface area contributed by atoms with Crippen LogP contribution in [0.25, 0.3) is 0 Å². The summed E-state index contributed by atoms with van der Waals surface area (Å²) >= 11 is 0. The number of carbonyl (C=O) groups is 5. The van der Waals surface area contributed by atoms with Crippen LogP contribution in [0.4, 0.5) is 4.79 Å². The Hall–Kier alpha value is -4.21. The number of ketones is 1. The minimum Gasteiger partial charge on any atom is -0.445 e. The lowest BCUT2D eigenvalue weighted by atomic mass is 10.00. The van der Waals surface area contributed by atoms with Crippen molar-refractivity contribution in [1.82, 2.24) is 21.3 Å². The maximum absolute atomic E-state index is 13.5. The molecule has 0 heterocycles. The molecule has 0 radical (unpaired) electrons. The largest absolute Gasteiger partial charge is 0.445 e. The van der Waals surface area contributed by atoms with Crippen LogP contribution in [0.5, 0.6) is 0 Å². The van der Waals surface area contributed by atoms with Crippen molar-refractivity contribution in [2.75, 3.05) is 0 Å². The molecular formula is C32H42N4O6. The monoisotopic (exact) mass is 578 g/mol. The van der Waals surface area contributed by atoms with Gasteiger partial charge in [0.1, 0.15) is 18.7 Å². The van der Waals surface area contributed by atoms with Gasteiger partial charge in [0.15, 0.2) is 0 Å². The van der Waals surface area contributed by atoms with Gasteiger partial charge in [0.05, 0.1) is 6.04 Å². The van der Waals surface area contributed by atoms with Gasteiger partial charge in [-0.3, -0.25) is 19.2 Å². The summed E-state index contributed by atoms with van der Waals surface area (Å²) < 4.78 is 5.34. The SMILES string of the molecule is CCC[C@H](NC(=O)[C@H](CC(C)C)NC(=O)[C@H](Cc1ccccc1)NC(=O)OCc1ccccc1)C(=O)C(=O)NC1CC1. The van der Waals surface area contributed by atoms with Crippen LogP contribution in [0.15, 0.2) is 60.7 Å². The number of hydrogen-bond acceptors (Lipinski definition) is 6. The molecule has 10 nitrogen and oxygen atoms in total. The summed E-state index contributed by atoms with van der Waals surface area (Å²) in [6, 6.07) is 15.3. The van der Waals surface area contributed by atoms with E-state index >= 15 is 0 Å². The van der Waals surface area contributed by atoms with E-state index < -0.39 is 47.7 Å². The zero-order valence-electron chi connectivity index (χ0n) is 24.6. The molecule has 1 fully saturated rings. The zero-order chi connectivity index (χ0) is 30.5. The van der Waals surface area contributed by atoms with Crippen molar-refractivity contribution in [2.45, 2.75) is 90.1 Å². The van der Waals surface area contributed by atoms with Gasteiger partial charge in [0.25, 0.3) is 5.91 Å². The fraction of sp³-hybridized carbons (Fsp3) is 0.469. The maximum Gasteiger partial charge on any atom is 0.408 e. The van der Waals surface area contributed by atoms with Crippen LogP contribution in [0.2, 0.25) is 0 Å². The van der Waals surface area contributed by atoms with Crippen LogP contribution in [0, 0.1) is 5.92 Å². The van der Waals surface area contributed by atoms with Crippen LogP contribution in [0.3, 0.4) is 0 Å². The molecule has 3 atom stereocenters. The Balaban J connectivity index is 1.70. The lowest BCUT2D eigenvalue weighted by Crippen LogP contribution is -2.57. The maximum atomic E-state index is 13.5. The fourth-order valence-corrected chi connectivity index (χ4v) is 4.41. The number of hydrogen-bond donors (Lipinski definition) is 4. The quantitative estimate of drug-likeness (QED) is 0.225. The second-order valence-electron chi connectivity index (χ2n) is 11.1. The Morgan fingerprint density at radius 3 is 1.93 bits per heavy atom. The first kappa shape index (κ1) is 32.3. The smallest absolute Gasteiger partial charge is 0.408 e. The molecule has 1 saturated carbocycles. The molecule has 0 aliphatic heterocycles. The van der Waals surface area contributed by atoms with Crippen LogP contribution >= 0.6 is 0 Å². The van der Waals surface area contributed by atoms with Crippen LogP contribution < -0.4 is 21.3 Å². The highest BCUT2D eigenvalue weighted by molar-refractivity contribution is 6.38. The molecule has 2 aromatic carbocycles. The number of carbonyl (C=O) groups excluding carboxylic acids is 5. The van der Waals surface area contributed by atoms with Crippen molar-refractivity contribution in [3.63, 3.8) is 0 Å². The molecule has 3 rings (SSSR count). The average molecular weight is 579 g/mol. The highest BCUT2D eigenvalue weighted by atomic mass is 16.5. The Bertz CT molecular complexity index is 1200. The molecule has 0 spiro atoms. The molecule has 0 unspecified atom stereocenters. The minimum atomic E-state index is -1.03. The summed E-state index contributed by atoms with van der Waals surface area (Å²) in [6.45, 7) is 5.71. The molecule has 0 bridgehead atoms. The fourth-order valence-electron chi connectivity index (χ4n) is 4.41. The summed E-state index contributed by atoms with van der Waals surface area (Å²) in [5.41, 5.74) is 1.61. The van der Waals surface area contributed by atoms with Crippen molar-refractivity contribution in [1.29, 1.82) is 0 Å². The number of ether oxygens (including phenoxy) is 1. The Labute approximate surface area is 247 Å². The molecule has 2 aromatic rings. The van der Waals surface area contributed by atoms with E-state index in [4.69, 9.17) is 4.74 Å². The van der Waals surface area contributed by atoms with Gasteiger partial charge in [-0.05, 0) is 42.7 Å². The van der Waals surface area contributed by atoms with Gasteiger partial charge in [-0.25, -0.2) is 4.79 Å². The van der Waals surface area contributed by atoms with E-state index in [0.29, 0.717) is 6.42 Å². The first-order valence-electron chi connectivity index (χ1n) is 14.6. The van der Waals surface area contributed by atoms with E-state index in [1.807, 2.05) is 81.4 Å². The Morgan fingerprint density at radius 2 is 1.36 bits per heavy atom. The van der Waals surface area contributed by atoms with Gasteiger partial charge in [0.2, 0.25) is 17.6 Å². The first-order valence-corrected chi connectivity index (χ1v) is 14.6. The molecule has 0 aromatic heterocycles. The highest BCUT2D eigenvalue weighted by Gasteiger charge is 2.34. The number of benzene rings is 2. The Kier molecular flexibility index (Phi) is 12.5. The molecule has 4 amide bonds. The molecule has 1 aliphatic carbocycles. The molecular weight excluding hydrogens is 536 g/mol. The summed E-state index contributed by atoms with van der Waals surface area (Å²) in [6.07, 6.45) is 2.22. The lowest BCUT2D eigenvalue weighted by molar-refractivity contribution is -0.140. The second-order valence-corrected chi connectivity index (χ2v) is 11.1. The number of Topliss-reactive ketones (excluding diaryl/α,β-unsaturated/α-hetero) is 1. The normalized spacial score (nSPS) is 14.7. The third-order valence-electron chi connectivity index (χ3n) is 6.79. The highest BCUT2D eigenvalue weighted by Crippen LogP contribution is 2.18. The minimum absolute atomic E-state index is 0.0147. The summed E-state index contributed by atoms with van der Waals surface area (Å²) in [4.78, 5) is 64.8. The second kappa shape index (κ2) is 16.3. The zero-order valence-corrected chi connectivity index (χ0v) is 24.6. The number of rotatable bonds is 16. The van der Waals surface area contributed by atoms with Crippen molar-refractivity contribution in [3.05, 3.63) is 71.8 Å². The van der Waals surface area contributed by atoms with Gasteiger partial charge in [0, 0.05) is 12.5 Å². The number of alkyl carbamates (subject to hydrolysis) is 1. The Morgan fingerprint density at radius 1 is 0.786 bits per heavy atom. The van der Waals surface area contributed by atoms with E-state index in [9.17, 15) is 24.0 Å². The number of nitrogens with one attached hydrogen (secondary N) is 4. The molecule has 10 heteroatoms. The third kappa shape index (κ3) is 11.0. The predicted molar refractivity (Wildman–Crippen MR) is 158 cm³/mol. The summed E-state index contributed by atoms with van der Waals surface area (Å²) in [5, 5.41) is 10.8. The van der Waals surface area contributed by atoms with Crippen molar-refractivity contribution >= 4 is 29.6 Å². The van der Waals surface area contributed by atoms with Crippen molar-refractivity contribution in [3.8, 4) is 0 Å². The first-order chi connectivity index (χ1) is 20.2. The van der Waals surface area contributed by atoms with Gasteiger partial charge in [-0.15, -0.1) is 0 Å². The molecule has 42 heavy (non-hydrogen) atoms. The van der Waals surface area contributed by atoms with E-state index in [1.54, 1.807) is 0 Å². The van der Waals surface area contributed by atoms with E-state index in [-0.39, 0.29) is 37.8 Å². The average Bonchev–Trinajstić information content (AvgIpc) is 3.79. The topological polar surface area (TPSA) is 143 Å². The van der Waals surface area contributed by atoms with E-state index in [0.717, 1.165) is 24.0 Å². The van der Waals surface area contributed by atoms with Gasteiger partial charge in [-0.1, -0.05) is 87.9 Å². The molecule has 1 aliphatic rings. The van der Waals surface area contributed by atoms with Crippen LogP contribution in [0.1, 0.15) is 64.0 Å². The van der Waals surface area contributed by atoms with E-state index in [2.05, 4.69) is 21.3 Å². The molecule has 0 saturated heterocycles. The standard InChI is InChI=1S/C32H42N4O6/c1-4-11-25(28(37)31(40)33-24-16-17-24)34-29(38)26(18-21(2)3)35-30(39)27(19-22-12-7-5-8-13-22)36-32(41)42-20-23-14-9-6-10-15-23/h5-10,12-15,21,24-27H,4,11,16-20H2,1-3H3,(H,33,40)(H,34,38)(H,35,39)(H,36,41)/t25-,26-,27-/m0/s1. The lowest BCUT2D eigenvalue weighted by Gasteiger charge is -2.26. The van der Waals surface area contributed by atoms with Gasteiger partial charge < -0.3 is 26.0 Å². The van der Waals surface area contributed by atoms with Crippen molar-refractivity contribution < 1.29 is 28.7 Å². The summed E-state index contributed by atoms with van der Waals surface area (Å²) in [5.74, 6) is -2.51. The predicted octanol–water partition coefficient (Wildman–Crippen LogP) is 3.19. The summed E-state index contributed by atoms with van der Waals surface area (Å²) in [7, 11) is 0. The van der Waals surface area contributed by atoms with Gasteiger partial charge >= 0.3 is 6.09 Å². The van der Waals surface area contributed by atoms with Crippen LogP contribution in [-0.2, 0) is 36.9 Å². The molecule has 4 N–H and O–H groups in total. The number of amides is 4. The van der Waals surface area contributed by atoms with Gasteiger partial charge in [-0.2, -0.15) is 0 Å². The molecule has 226 valence electrons. The van der Waals surface area contributed by atoms with Crippen molar-refractivity contribution in [2.24, 2.45) is 5.92 Å².